The first kappa shape index (κ1) is 12.9. The van der Waals surface area contributed by atoms with Crippen molar-refractivity contribution >= 4 is 0 Å². The van der Waals surface area contributed by atoms with Gasteiger partial charge in [-0.15, -0.1) is 0 Å². The predicted octanol–water partition coefficient (Wildman–Crippen LogP) is 2.88. The minimum atomic E-state index is 0.0392. The van der Waals surface area contributed by atoms with Gasteiger partial charge in [0.15, 0.2) is 0 Å². The van der Waals surface area contributed by atoms with Crippen LogP contribution in [0.1, 0.15) is 29.5 Å². The van der Waals surface area contributed by atoms with Crippen LogP contribution in [-0.4, -0.2) is 20.3 Å². The lowest BCUT2D eigenvalue weighted by Gasteiger charge is -2.42. The van der Waals surface area contributed by atoms with Crippen molar-refractivity contribution < 1.29 is 9.47 Å². The van der Waals surface area contributed by atoms with E-state index in [9.17, 15) is 0 Å². The number of rotatable bonds is 4. The quantitative estimate of drug-likeness (QED) is 0.819. The van der Waals surface area contributed by atoms with E-state index in [0.717, 1.165) is 36.5 Å². The highest BCUT2D eigenvalue weighted by molar-refractivity contribution is 5.46. The minimum absolute atomic E-state index is 0.0392. The Bertz CT molecular complexity index is 461. The molecule has 0 spiro atoms. The molecule has 1 saturated heterocycles. The molecule has 1 aromatic rings. The van der Waals surface area contributed by atoms with Crippen molar-refractivity contribution in [3.63, 3.8) is 0 Å². The fraction of sp³-hybridized carbons (Fsp3) is 0.533. The van der Waals surface area contributed by atoms with E-state index in [-0.39, 0.29) is 5.41 Å². The molecule has 0 atom stereocenters. The molecule has 0 saturated carbocycles. The van der Waals surface area contributed by atoms with E-state index in [1.807, 2.05) is 0 Å². The molecule has 3 heteroatoms. The van der Waals surface area contributed by atoms with E-state index in [1.165, 1.54) is 5.56 Å². The second-order valence-electron chi connectivity index (χ2n) is 5.07. The van der Waals surface area contributed by atoms with Crippen LogP contribution in [0.25, 0.3) is 0 Å². The third-order valence-corrected chi connectivity index (χ3v) is 3.75. The van der Waals surface area contributed by atoms with Crippen LogP contribution in [0.2, 0.25) is 0 Å². The van der Waals surface area contributed by atoms with E-state index >= 15 is 0 Å². The Morgan fingerprint density at radius 2 is 1.94 bits per heavy atom. The van der Waals surface area contributed by atoms with Gasteiger partial charge in [-0.05, 0) is 37.0 Å². The van der Waals surface area contributed by atoms with Crippen molar-refractivity contribution in [2.45, 2.75) is 32.1 Å². The van der Waals surface area contributed by atoms with Crippen LogP contribution in [0.3, 0.4) is 0 Å². The smallest absolute Gasteiger partial charge is 0.124 e. The molecular weight excluding hydrogens is 226 g/mol. The number of nitriles is 1. The highest BCUT2D eigenvalue weighted by Gasteiger charge is 2.40. The van der Waals surface area contributed by atoms with Crippen LogP contribution in [0.4, 0.5) is 0 Å². The number of nitrogens with zero attached hydrogens (tertiary/aromatic N) is 1. The van der Waals surface area contributed by atoms with Gasteiger partial charge < -0.3 is 9.47 Å². The summed E-state index contributed by atoms with van der Waals surface area (Å²) in [6, 6.07) is 6.58. The summed E-state index contributed by atoms with van der Waals surface area (Å²) in [5, 5.41) is 8.78. The number of methoxy groups -OCH3 is 1. The van der Waals surface area contributed by atoms with Gasteiger partial charge in [0.05, 0.1) is 26.4 Å². The van der Waals surface area contributed by atoms with Crippen molar-refractivity contribution in [3.05, 3.63) is 28.8 Å². The van der Waals surface area contributed by atoms with Crippen molar-refractivity contribution in [1.82, 2.24) is 0 Å². The van der Waals surface area contributed by atoms with E-state index in [1.54, 1.807) is 7.11 Å². The maximum absolute atomic E-state index is 8.78. The highest BCUT2D eigenvalue weighted by atomic mass is 16.5. The molecule has 1 fully saturated rings. The predicted molar refractivity (Wildman–Crippen MR) is 69.8 cm³/mol. The first-order valence-corrected chi connectivity index (χ1v) is 6.23. The summed E-state index contributed by atoms with van der Waals surface area (Å²) in [5.41, 5.74) is 3.61. The average molecular weight is 245 g/mol. The monoisotopic (exact) mass is 245 g/mol. The van der Waals surface area contributed by atoms with Gasteiger partial charge in [-0.2, -0.15) is 5.26 Å². The summed E-state index contributed by atoms with van der Waals surface area (Å²) in [4.78, 5) is 0. The average Bonchev–Trinajstić information content (AvgIpc) is 2.27. The number of benzene rings is 1. The van der Waals surface area contributed by atoms with Gasteiger partial charge in [-0.3, -0.25) is 0 Å². The largest absolute Gasteiger partial charge is 0.496 e. The van der Waals surface area contributed by atoms with E-state index in [4.69, 9.17) is 14.7 Å². The molecular formula is C15H19NO2. The van der Waals surface area contributed by atoms with Gasteiger partial charge in [0.2, 0.25) is 0 Å². The zero-order valence-electron chi connectivity index (χ0n) is 11.2. The highest BCUT2D eigenvalue weighted by Crippen LogP contribution is 2.39. The minimum Gasteiger partial charge on any atom is -0.496 e. The molecule has 0 aromatic heterocycles. The molecule has 0 amide bonds. The Morgan fingerprint density at radius 1 is 1.33 bits per heavy atom. The molecule has 3 nitrogen and oxygen atoms in total. The molecule has 96 valence electrons. The lowest BCUT2D eigenvalue weighted by Crippen LogP contribution is -2.46. The van der Waals surface area contributed by atoms with Crippen molar-refractivity contribution in [2.24, 2.45) is 0 Å². The molecule has 18 heavy (non-hydrogen) atoms. The van der Waals surface area contributed by atoms with E-state index < -0.39 is 0 Å². The lowest BCUT2D eigenvalue weighted by molar-refractivity contribution is -0.0637. The zero-order valence-corrected chi connectivity index (χ0v) is 11.2. The first-order chi connectivity index (χ1) is 8.63. The standard InChI is InChI=1S/C15H19NO2/c1-11-7-13(8-12(2)14(11)17-3)15(5-4-6-16)9-18-10-15/h7-8H,4-5,9-10H2,1-3H3. The summed E-state index contributed by atoms with van der Waals surface area (Å²) < 4.78 is 10.8. The zero-order chi connectivity index (χ0) is 13.2. The van der Waals surface area contributed by atoms with Gasteiger partial charge in [0.1, 0.15) is 5.75 Å². The molecule has 0 bridgehead atoms. The second-order valence-corrected chi connectivity index (χ2v) is 5.07. The Balaban J connectivity index is 2.35. The third kappa shape index (κ3) is 2.09. The van der Waals surface area contributed by atoms with Crippen LogP contribution >= 0.6 is 0 Å². The summed E-state index contributed by atoms with van der Waals surface area (Å²) >= 11 is 0. The number of hydrogen-bond donors (Lipinski definition) is 0. The fourth-order valence-electron chi connectivity index (χ4n) is 2.68. The van der Waals surface area contributed by atoms with Crippen molar-refractivity contribution in [3.8, 4) is 11.8 Å². The van der Waals surface area contributed by atoms with Gasteiger partial charge >= 0.3 is 0 Å². The summed E-state index contributed by atoms with van der Waals surface area (Å²) in [7, 11) is 1.70. The van der Waals surface area contributed by atoms with Gasteiger partial charge in [-0.25, -0.2) is 0 Å². The molecule has 1 heterocycles. The Labute approximate surface area is 108 Å². The lowest BCUT2D eigenvalue weighted by atomic mass is 9.74. The van der Waals surface area contributed by atoms with Gasteiger partial charge in [-0.1, -0.05) is 12.1 Å². The van der Waals surface area contributed by atoms with Gasteiger partial charge in [0.25, 0.3) is 0 Å². The number of aryl methyl sites for hydroxylation is 2. The summed E-state index contributed by atoms with van der Waals surface area (Å²) in [6.07, 6.45) is 1.45. The molecule has 0 aliphatic carbocycles. The van der Waals surface area contributed by atoms with Crippen molar-refractivity contribution in [2.75, 3.05) is 20.3 Å². The molecule has 1 aromatic carbocycles. The molecule has 1 aliphatic heterocycles. The third-order valence-electron chi connectivity index (χ3n) is 3.75. The van der Waals surface area contributed by atoms with Gasteiger partial charge in [0, 0.05) is 11.8 Å². The maximum atomic E-state index is 8.78. The molecule has 0 unspecified atom stereocenters. The normalized spacial score (nSPS) is 16.8. The van der Waals surface area contributed by atoms with Crippen molar-refractivity contribution in [1.29, 1.82) is 5.26 Å². The van der Waals surface area contributed by atoms with Crippen LogP contribution in [-0.2, 0) is 10.2 Å². The first-order valence-electron chi connectivity index (χ1n) is 6.23. The van der Waals surface area contributed by atoms with E-state index in [0.29, 0.717) is 6.42 Å². The molecule has 2 rings (SSSR count). The number of hydrogen-bond acceptors (Lipinski definition) is 3. The van der Waals surface area contributed by atoms with Crippen LogP contribution in [0.5, 0.6) is 5.75 Å². The summed E-state index contributed by atoms with van der Waals surface area (Å²) in [5.74, 6) is 0.953. The van der Waals surface area contributed by atoms with Crippen LogP contribution < -0.4 is 4.74 Å². The molecule has 1 aliphatic rings. The maximum Gasteiger partial charge on any atom is 0.124 e. The van der Waals surface area contributed by atoms with Crippen LogP contribution in [0.15, 0.2) is 12.1 Å². The van der Waals surface area contributed by atoms with E-state index in [2.05, 4.69) is 32.0 Å². The Morgan fingerprint density at radius 3 is 2.33 bits per heavy atom. The Kier molecular flexibility index (Phi) is 3.58. The Hall–Kier alpha value is -1.53. The van der Waals surface area contributed by atoms with Crippen LogP contribution in [0, 0.1) is 25.2 Å². The second kappa shape index (κ2) is 4.99. The summed E-state index contributed by atoms with van der Waals surface area (Å²) in [6.45, 7) is 5.57. The molecule has 0 radical (unpaired) electrons. The SMILES string of the molecule is COc1c(C)cc(C2(CCC#N)COC2)cc1C. The molecule has 0 N–H and O–H groups in total. The number of ether oxygens (including phenoxy) is 2. The fourth-order valence-corrected chi connectivity index (χ4v) is 2.68. The topological polar surface area (TPSA) is 42.2 Å².